The lowest BCUT2D eigenvalue weighted by Crippen LogP contribution is -2.51. The van der Waals surface area contributed by atoms with Gasteiger partial charge in [0.25, 0.3) is 0 Å². The number of piperidine rings is 1. The van der Waals surface area contributed by atoms with E-state index in [1.54, 1.807) is 0 Å². The fourth-order valence-electron chi connectivity index (χ4n) is 2.17. The summed E-state index contributed by atoms with van der Waals surface area (Å²) >= 11 is 0. The van der Waals surface area contributed by atoms with Gasteiger partial charge in [-0.05, 0) is 25.3 Å². The van der Waals surface area contributed by atoms with Gasteiger partial charge < -0.3 is 10.2 Å². The third-order valence-corrected chi connectivity index (χ3v) is 2.88. The van der Waals surface area contributed by atoms with Gasteiger partial charge in [-0.1, -0.05) is 20.3 Å². The van der Waals surface area contributed by atoms with Crippen molar-refractivity contribution >= 4 is 5.91 Å². The van der Waals surface area contributed by atoms with Gasteiger partial charge in [0.05, 0.1) is 6.04 Å². The molecule has 0 radical (unpaired) electrons. The molecule has 1 aliphatic rings. The van der Waals surface area contributed by atoms with Gasteiger partial charge in [0.2, 0.25) is 5.91 Å². The number of carbonyl (C=O) groups excluding carboxylic acids is 1. The second-order valence-corrected chi connectivity index (χ2v) is 5.23. The summed E-state index contributed by atoms with van der Waals surface area (Å²) < 4.78 is 37.4. The van der Waals surface area contributed by atoms with E-state index in [1.165, 1.54) is 0 Å². The normalized spacial score (nSPS) is 21.1. The Kier molecular flexibility index (Phi) is 5.44. The van der Waals surface area contributed by atoms with Crippen LogP contribution in [-0.2, 0) is 4.79 Å². The van der Waals surface area contributed by atoms with Gasteiger partial charge in [-0.2, -0.15) is 13.2 Å². The minimum absolute atomic E-state index is 0.0277. The number of halogens is 3. The van der Waals surface area contributed by atoms with Crippen LogP contribution in [0, 0.1) is 5.92 Å². The van der Waals surface area contributed by atoms with E-state index in [1.807, 2.05) is 13.8 Å². The Bertz CT molecular complexity index is 273. The zero-order valence-corrected chi connectivity index (χ0v) is 10.9. The highest BCUT2D eigenvalue weighted by Crippen LogP contribution is 2.19. The van der Waals surface area contributed by atoms with Crippen LogP contribution in [0.4, 0.5) is 13.2 Å². The van der Waals surface area contributed by atoms with Crippen molar-refractivity contribution in [1.82, 2.24) is 10.2 Å². The third-order valence-electron chi connectivity index (χ3n) is 2.88. The topological polar surface area (TPSA) is 32.3 Å². The summed E-state index contributed by atoms with van der Waals surface area (Å²) in [6.07, 6.45) is -1.83. The van der Waals surface area contributed by atoms with Gasteiger partial charge in [0, 0.05) is 6.54 Å². The minimum atomic E-state index is -4.33. The summed E-state index contributed by atoms with van der Waals surface area (Å²) in [7, 11) is 0. The molecule has 1 N–H and O–H groups in total. The molecule has 0 aromatic rings. The van der Waals surface area contributed by atoms with Crippen molar-refractivity contribution in [2.24, 2.45) is 5.92 Å². The summed E-state index contributed by atoms with van der Waals surface area (Å²) in [6, 6.07) is -0.445. The van der Waals surface area contributed by atoms with Crippen LogP contribution < -0.4 is 5.32 Å². The molecule has 106 valence electrons. The van der Waals surface area contributed by atoms with Crippen LogP contribution in [0.15, 0.2) is 0 Å². The number of hydrogen-bond donors (Lipinski definition) is 1. The van der Waals surface area contributed by atoms with E-state index in [0.717, 1.165) is 17.7 Å². The van der Waals surface area contributed by atoms with Crippen molar-refractivity contribution in [3.05, 3.63) is 0 Å². The summed E-state index contributed by atoms with van der Waals surface area (Å²) in [4.78, 5) is 13.0. The average Bonchev–Trinajstić information content (AvgIpc) is 2.26. The molecule has 0 aromatic heterocycles. The fourth-order valence-corrected chi connectivity index (χ4v) is 2.17. The average molecular weight is 266 g/mol. The number of amides is 1. The highest BCUT2D eigenvalue weighted by molar-refractivity contribution is 5.82. The molecule has 0 aromatic carbocycles. The number of carbonyl (C=O) groups is 1. The van der Waals surface area contributed by atoms with Crippen molar-refractivity contribution in [1.29, 1.82) is 0 Å². The quantitative estimate of drug-likeness (QED) is 0.846. The first-order valence-corrected chi connectivity index (χ1v) is 6.38. The predicted octanol–water partition coefficient (Wildman–Crippen LogP) is 2.18. The first kappa shape index (κ1) is 15.3. The summed E-state index contributed by atoms with van der Waals surface area (Å²) in [5.74, 6) is -0.388. The number of nitrogens with one attached hydrogen (secondary N) is 1. The standard InChI is InChI=1S/C12H21F3N2O/c1-9(2)7-17(8-12(13,14)15)11(18)10-5-3-4-6-16-10/h9-10,16H,3-8H2,1-2H3/t10-/m0/s1. The minimum Gasteiger partial charge on any atom is -0.332 e. The Morgan fingerprint density at radius 1 is 1.39 bits per heavy atom. The summed E-state index contributed by atoms with van der Waals surface area (Å²) in [5.41, 5.74) is 0. The lowest BCUT2D eigenvalue weighted by Gasteiger charge is -2.31. The van der Waals surface area contributed by atoms with E-state index in [-0.39, 0.29) is 12.5 Å². The zero-order valence-electron chi connectivity index (χ0n) is 10.9. The van der Waals surface area contributed by atoms with Crippen LogP contribution in [0.3, 0.4) is 0 Å². The Morgan fingerprint density at radius 2 is 2.06 bits per heavy atom. The highest BCUT2D eigenvalue weighted by atomic mass is 19.4. The molecule has 1 saturated heterocycles. The summed E-state index contributed by atoms with van der Waals surface area (Å²) in [5, 5.41) is 3.00. The molecule has 1 rings (SSSR count). The van der Waals surface area contributed by atoms with E-state index >= 15 is 0 Å². The van der Waals surface area contributed by atoms with Crippen molar-refractivity contribution < 1.29 is 18.0 Å². The maximum Gasteiger partial charge on any atom is 0.406 e. The highest BCUT2D eigenvalue weighted by Gasteiger charge is 2.35. The molecule has 1 heterocycles. The van der Waals surface area contributed by atoms with E-state index in [4.69, 9.17) is 0 Å². The largest absolute Gasteiger partial charge is 0.406 e. The molecule has 0 spiro atoms. The molecule has 18 heavy (non-hydrogen) atoms. The van der Waals surface area contributed by atoms with Crippen LogP contribution in [0.2, 0.25) is 0 Å². The van der Waals surface area contributed by atoms with Crippen LogP contribution in [0.25, 0.3) is 0 Å². The van der Waals surface area contributed by atoms with E-state index < -0.39 is 24.7 Å². The molecule has 3 nitrogen and oxygen atoms in total. The molecular formula is C12H21F3N2O. The molecule has 0 bridgehead atoms. The van der Waals surface area contributed by atoms with Crippen LogP contribution >= 0.6 is 0 Å². The zero-order chi connectivity index (χ0) is 13.8. The van der Waals surface area contributed by atoms with Crippen LogP contribution in [0.1, 0.15) is 33.1 Å². The smallest absolute Gasteiger partial charge is 0.332 e. The van der Waals surface area contributed by atoms with Crippen molar-refractivity contribution in [3.8, 4) is 0 Å². The first-order valence-electron chi connectivity index (χ1n) is 6.38. The van der Waals surface area contributed by atoms with E-state index in [0.29, 0.717) is 13.0 Å². The van der Waals surface area contributed by atoms with Gasteiger partial charge >= 0.3 is 6.18 Å². The van der Waals surface area contributed by atoms with E-state index in [2.05, 4.69) is 5.32 Å². The molecule has 0 aliphatic carbocycles. The van der Waals surface area contributed by atoms with Crippen molar-refractivity contribution in [2.45, 2.75) is 45.3 Å². The second kappa shape index (κ2) is 6.41. The van der Waals surface area contributed by atoms with Gasteiger partial charge in [0.1, 0.15) is 6.54 Å². The molecule has 0 unspecified atom stereocenters. The van der Waals surface area contributed by atoms with Crippen molar-refractivity contribution in [2.75, 3.05) is 19.6 Å². The Hall–Kier alpha value is -0.780. The van der Waals surface area contributed by atoms with Gasteiger partial charge in [0.15, 0.2) is 0 Å². The second-order valence-electron chi connectivity index (χ2n) is 5.23. The number of alkyl halides is 3. The fraction of sp³-hybridized carbons (Fsp3) is 0.917. The first-order chi connectivity index (χ1) is 8.29. The molecule has 1 aliphatic heterocycles. The van der Waals surface area contributed by atoms with Crippen LogP contribution in [0.5, 0.6) is 0 Å². The Labute approximate surface area is 106 Å². The maximum absolute atomic E-state index is 12.5. The number of nitrogens with zero attached hydrogens (tertiary/aromatic N) is 1. The lowest BCUT2D eigenvalue weighted by atomic mass is 10.0. The SMILES string of the molecule is CC(C)CN(CC(F)(F)F)C(=O)[C@@H]1CCCCN1. The number of hydrogen-bond acceptors (Lipinski definition) is 2. The molecule has 1 atom stereocenters. The van der Waals surface area contributed by atoms with Gasteiger partial charge in [-0.25, -0.2) is 0 Å². The predicted molar refractivity (Wildman–Crippen MR) is 63.1 cm³/mol. The van der Waals surface area contributed by atoms with Gasteiger partial charge in [-0.3, -0.25) is 4.79 Å². The Balaban J connectivity index is 2.65. The summed E-state index contributed by atoms with van der Waals surface area (Å²) in [6.45, 7) is 3.33. The maximum atomic E-state index is 12.5. The van der Waals surface area contributed by atoms with E-state index in [9.17, 15) is 18.0 Å². The van der Waals surface area contributed by atoms with Crippen LogP contribution in [-0.4, -0.2) is 42.7 Å². The molecule has 1 amide bonds. The molecular weight excluding hydrogens is 245 g/mol. The molecule has 0 saturated carbocycles. The third kappa shape index (κ3) is 5.25. The monoisotopic (exact) mass is 266 g/mol. The van der Waals surface area contributed by atoms with Crippen molar-refractivity contribution in [3.63, 3.8) is 0 Å². The number of rotatable bonds is 4. The van der Waals surface area contributed by atoms with Gasteiger partial charge in [-0.15, -0.1) is 0 Å². The lowest BCUT2D eigenvalue weighted by molar-refractivity contribution is -0.163. The Morgan fingerprint density at radius 3 is 2.50 bits per heavy atom. The molecule has 6 heteroatoms. The molecule has 1 fully saturated rings.